The van der Waals surface area contributed by atoms with E-state index in [-0.39, 0.29) is 23.8 Å². The number of nitrogens with one attached hydrogen (secondary N) is 1. The second-order valence-electron chi connectivity index (χ2n) is 4.81. The molecule has 0 saturated heterocycles. The molecule has 2 aromatic rings. The Morgan fingerprint density at radius 2 is 1.90 bits per heavy atom. The highest BCUT2D eigenvalue weighted by Gasteiger charge is 2.09. The molecule has 21 heavy (non-hydrogen) atoms. The SMILES string of the molecule is Cc1ccc(OCC(=O)Nc2cc(O)ccc2O)c(C)c1. The summed E-state index contributed by atoms with van der Waals surface area (Å²) in [7, 11) is 0. The molecule has 2 aromatic carbocycles. The lowest BCUT2D eigenvalue weighted by Crippen LogP contribution is -2.20. The average Bonchev–Trinajstić information content (AvgIpc) is 2.42. The minimum atomic E-state index is -0.420. The van der Waals surface area contributed by atoms with Gasteiger partial charge >= 0.3 is 0 Å². The minimum Gasteiger partial charge on any atom is -0.508 e. The molecule has 0 spiro atoms. The van der Waals surface area contributed by atoms with Crippen LogP contribution in [-0.4, -0.2) is 22.7 Å². The third kappa shape index (κ3) is 3.89. The molecular weight excluding hydrogens is 270 g/mol. The Morgan fingerprint density at radius 1 is 1.14 bits per heavy atom. The zero-order valence-corrected chi connectivity index (χ0v) is 11.9. The molecule has 0 radical (unpaired) electrons. The Bertz CT molecular complexity index is 667. The third-order valence-corrected chi connectivity index (χ3v) is 2.94. The summed E-state index contributed by atoms with van der Waals surface area (Å²) in [5, 5.41) is 21.4. The quantitative estimate of drug-likeness (QED) is 0.597. The predicted octanol–water partition coefficient (Wildman–Crippen LogP) is 2.73. The fraction of sp³-hybridized carbons (Fsp3) is 0.188. The number of hydrogen-bond acceptors (Lipinski definition) is 4. The zero-order chi connectivity index (χ0) is 15.4. The van der Waals surface area contributed by atoms with Crippen LogP contribution in [0.3, 0.4) is 0 Å². The van der Waals surface area contributed by atoms with E-state index in [0.29, 0.717) is 5.75 Å². The van der Waals surface area contributed by atoms with Gasteiger partial charge in [0.2, 0.25) is 0 Å². The third-order valence-electron chi connectivity index (χ3n) is 2.94. The van der Waals surface area contributed by atoms with Crippen molar-refractivity contribution in [2.75, 3.05) is 11.9 Å². The summed E-state index contributed by atoms with van der Waals surface area (Å²) in [4.78, 5) is 11.8. The van der Waals surface area contributed by atoms with Gasteiger partial charge in [0.15, 0.2) is 6.61 Å². The number of benzene rings is 2. The summed E-state index contributed by atoms with van der Waals surface area (Å²) in [6.45, 7) is 3.70. The van der Waals surface area contributed by atoms with Crippen molar-refractivity contribution in [2.45, 2.75) is 13.8 Å². The summed E-state index contributed by atoms with van der Waals surface area (Å²) in [6, 6.07) is 9.58. The number of anilines is 1. The molecule has 2 rings (SSSR count). The molecule has 5 heteroatoms. The second-order valence-corrected chi connectivity index (χ2v) is 4.81. The summed E-state index contributed by atoms with van der Waals surface area (Å²) < 4.78 is 5.44. The van der Waals surface area contributed by atoms with Gasteiger partial charge in [0, 0.05) is 6.07 Å². The maximum atomic E-state index is 11.8. The van der Waals surface area contributed by atoms with Crippen molar-refractivity contribution >= 4 is 11.6 Å². The van der Waals surface area contributed by atoms with Gasteiger partial charge in [0.25, 0.3) is 5.91 Å². The summed E-state index contributed by atoms with van der Waals surface area (Å²) in [5.74, 6) is 0.0535. The maximum absolute atomic E-state index is 11.8. The molecule has 5 nitrogen and oxygen atoms in total. The van der Waals surface area contributed by atoms with Crippen molar-refractivity contribution in [1.29, 1.82) is 0 Å². The second kappa shape index (κ2) is 6.17. The lowest BCUT2D eigenvalue weighted by molar-refractivity contribution is -0.118. The lowest BCUT2D eigenvalue weighted by atomic mass is 10.1. The zero-order valence-electron chi connectivity index (χ0n) is 11.9. The molecule has 0 saturated carbocycles. The number of aryl methyl sites for hydroxylation is 2. The number of amides is 1. The van der Waals surface area contributed by atoms with Gasteiger partial charge < -0.3 is 20.3 Å². The van der Waals surface area contributed by atoms with Crippen LogP contribution in [0.25, 0.3) is 0 Å². The summed E-state index contributed by atoms with van der Waals surface area (Å²) in [6.07, 6.45) is 0. The van der Waals surface area contributed by atoms with Gasteiger partial charge in [-0.15, -0.1) is 0 Å². The first-order valence-corrected chi connectivity index (χ1v) is 6.47. The molecule has 0 fully saturated rings. The first-order chi connectivity index (χ1) is 9.95. The van der Waals surface area contributed by atoms with E-state index in [0.717, 1.165) is 11.1 Å². The monoisotopic (exact) mass is 287 g/mol. The van der Waals surface area contributed by atoms with E-state index in [1.165, 1.54) is 18.2 Å². The number of carbonyl (C=O) groups is 1. The first kappa shape index (κ1) is 14.7. The molecule has 1 amide bonds. The summed E-state index contributed by atoms with van der Waals surface area (Å²) in [5.41, 5.74) is 2.21. The van der Waals surface area contributed by atoms with Crippen LogP contribution in [0.4, 0.5) is 5.69 Å². The normalized spacial score (nSPS) is 10.2. The Kier molecular flexibility index (Phi) is 4.33. The first-order valence-electron chi connectivity index (χ1n) is 6.47. The highest BCUT2D eigenvalue weighted by atomic mass is 16.5. The van der Waals surface area contributed by atoms with Gasteiger partial charge in [0.05, 0.1) is 5.69 Å². The van der Waals surface area contributed by atoms with Crippen molar-refractivity contribution in [3.05, 3.63) is 47.5 Å². The smallest absolute Gasteiger partial charge is 0.262 e. The fourth-order valence-electron chi connectivity index (χ4n) is 1.92. The largest absolute Gasteiger partial charge is 0.508 e. The average molecular weight is 287 g/mol. The molecule has 0 unspecified atom stereocenters. The maximum Gasteiger partial charge on any atom is 0.262 e. The Balaban J connectivity index is 1.97. The molecule has 3 N–H and O–H groups in total. The van der Waals surface area contributed by atoms with Gasteiger partial charge in [-0.2, -0.15) is 0 Å². The van der Waals surface area contributed by atoms with Crippen molar-refractivity contribution in [3.8, 4) is 17.2 Å². The minimum absolute atomic E-state index is 0.0432. The number of rotatable bonds is 4. The van der Waals surface area contributed by atoms with E-state index in [9.17, 15) is 15.0 Å². The molecule has 110 valence electrons. The fourth-order valence-corrected chi connectivity index (χ4v) is 1.92. The van der Waals surface area contributed by atoms with Gasteiger partial charge in [0.1, 0.15) is 17.2 Å². The van der Waals surface area contributed by atoms with Crippen LogP contribution >= 0.6 is 0 Å². The van der Waals surface area contributed by atoms with Crippen molar-refractivity contribution in [1.82, 2.24) is 0 Å². The highest BCUT2D eigenvalue weighted by molar-refractivity contribution is 5.93. The van der Waals surface area contributed by atoms with Gasteiger partial charge in [-0.25, -0.2) is 0 Å². The van der Waals surface area contributed by atoms with Crippen LogP contribution in [0.15, 0.2) is 36.4 Å². The van der Waals surface area contributed by atoms with Crippen LogP contribution in [0.1, 0.15) is 11.1 Å². The van der Waals surface area contributed by atoms with E-state index in [1.54, 1.807) is 0 Å². The molecule has 0 aromatic heterocycles. The number of ether oxygens (including phenoxy) is 1. The number of phenolic OH excluding ortho intramolecular Hbond substituents is 2. The van der Waals surface area contributed by atoms with E-state index >= 15 is 0 Å². The lowest BCUT2D eigenvalue weighted by Gasteiger charge is -2.11. The van der Waals surface area contributed by atoms with Gasteiger partial charge in [-0.3, -0.25) is 4.79 Å². The molecule has 0 aliphatic heterocycles. The number of carbonyl (C=O) groups excluding carboxylic acids is 1. The number of phenols is 2. The Morgan fingerprint density at radius 3 is 2.62 bits per heavy atom. The molecular formula is C16H17NO4. The molecule has 0 heterocycles. The molecule has 0 aliphatic carbocycles. The predicted molar refractivity (Wildman–Crippen MR) is 79.8 cm³/mol. The molecule has 0 aliphatic rings. The number of hydrogen-bond donors (Lipinski definition) is 3. The van der Waals surface area contributed by atoms with E-state index in [1.807, 2.05) is 32.0 Å². The van der Waals surface area contributed by atoms with E-state index < -0.39 is 5.91 Å². The summed E-state index contributed by atoms with van der Waals surface area (Å²) >= 11 is 0. The number of aromatic hydroxyl groups is 2. The molecule has 0 bridgehead atoms. The van der Waals surface area contributed by atoms with Crippen molar-refractivity contribution in [2.24, 2.45) is 0 Å². The van der Waals surface area contributed by atoms with Crippen LogP contribution in [0.5, 0.6) is 17.2 Å². The van der Waals surface area contributed by atoms with Crippen LogP contribution in [-0.2, 0) is 4.79 Å². The molecule has 0 atom stereocenters. The van der Waals surface area contributed by atoms with Crippen LogP contribution < -0.4 is 10.1 Å². The highest BCUT2D eigenvalue weighted by Crippen LogP contribution is 2.27. The van der Waals surface area contributed by atoms with Crippen LogP contribution in [0.2, 0.25) is 0 Å². The standard InChI is InChI=1S/C16H17NO4/c1-10-3-6-15(11(2)7-10)21-9-16(20)17-13-8-12(18)4-5-14(13)19/h3-8,18-19H,9H2,1-2H3,(H,17,20). The van der Waals surface area contributed by atoms with Crippen LogP contribution in [0, 0.1) is 13.8 Å². The van der Waals surface area contributed by atoms with Gasteiger partial charge in [-0.05, 0) is 37.6 Å². The Labute approximate surface area is 122 Å². The van der Waals surface area contributed by atoms with Gasteiger partial charge in [-0.1, -0.05) is 17.7 Å². The van der Waals surface area contributed by atoms with E-state index in [4.69, 9.17) is 4.74 Å². The van der Waals surface area contributed by atoms with Crippen molar-refractivity contribution < 1.29 is 19.7 Å². The topological polar surface area (TPSA) is 78.8 Å². The van der Waals surface area contributed by atoms with Crippen molar-refractivity contribution in [3.63, 3.8) is 0 Å². The van der Waals surface area contributed by atoms with E-state index in [2.05, 4.69) is 5.32 Å². The Hall–Kier alpha value is -2.69.